The number of benzene rings is 2. The third-order valence-electron chi connectivity index (χ3n) is 5.52. The summed E-state index contributed by atoms with van der Waals surface area (Å²) in [5.74, 6) is 0.0309. The summed E-state index contributed by atoms with van der Waals surface area (Å²) >= 11 is 6.27. The summed E-state index contributed by atoms with van der Waals surface area (Å²) in [7, 11) is 0. The molecule has 0 aliphatic carbocycles. The van der Waals surface area contributed by atoms with Crippen LogP contribution in [0.25, 0.3) is 16.9 Å². The molecule has 7 nitrogen and oxygen atoms in total. The number of aliphatic hydroxyl groups is 1. The summed E-state index contributed by atoms with van der Waals surface area (Å²) in [6.45, 7) is 3.89. The van der Waals surface area contributed by atoms with E-state index in [2.05, 4.69) is 15.4 Å². The minimum atomic E-state index is -0.471. The molecule has 1 atom stereocenters. The van der Waals surface area contributed by atoms with E-state index < -0.39 is 6.04 Å². The first-order valence-electron chi connectivity index (χ1n) is 10.2. The summed E-state index contributed by atoms with van der Waals surface area (Å²) in [5, 5.41) is 17.3. The quantitative estimate of drug-likeness (QED) is 0.416. The van der Waals surface area contributed by atoms with Crippen molar-refractivity contribution in [3.8, 4) is 11.4 Å². The number of nitrogens with zero attached hydrogens (tertiary/aromatic N) is 2. The number of carbonyl (C=O) groups is 1. The third kappa shape index (κ3) is 4.30. The maximum absolute atomic E-state index is 12.9. The highest BCUT2D eigenvalue weighted by Crippen LogP contribution is 2.25. The summed E-state index contributed by atoms with van der Waals surface area (Å²) in [5.41, 5.74) is 3.95. The zero-order chi connectivity index (χ0) is 22.8. The van der Waals surface area contributed by atoms with Crippen molar-refractivity contribution >= 4 is 23.0 Å². The van der Waals surface area contributed by atoms with E-state index in [0.29, 0.717) is 22.8 Å². The fourth-order valence-corrected chi connectivity index (χ4v) is 3.85. The molecule has 0 aliphatic rings. The van der Waals surface area contributed by atoms with Crippen LogP contribution in [-0.2, 0) is 0 Å². The number of aliphatic hydroxyl groups excluding tert-OH is 1. The Hall–Kier alpha value is -3.42. The van der Waals surface area contributed by atoms with E-state index in [0.717, 1.165) is 16.7 Å². The molecule has 4 rings (SSSR count). The number of halogens is 1. The van der Waals surface area contributed by atoms with Crippen molar-refractivity contribution in [3.05, 3.63) is 92.4 Å². The fraction of sp³-hybridized carbons (Fsp3) is 0.208. The van der Waals surface area contributed by atoms with Crippen molar-refractivity contribution in [2.75, 3.05) is 6.61 Å². The highest BCUT2D eigenvalue weighted by atomic mass is 35.5. The molecule has 0 saturated heterocycles. The van der Waals surface area contributed by atoms with Gasteiger partial charge in [0.2, 0.25) is 0 Å². The number of hydrogen-bond acceptors (Lipinski definition) is 4. The molecule has 0 spiro atoms. The van der Waals surface area contributed by atoms with E-state index in [1.807, 2.05) is 38.1 Å². The third-order valence-corrected chi connectivity index (χ3v) is 5.86. The van der Waals surface area contributed by atoms with Gasteiger partial charge in [0.15, 0.2) is 5.82 Å². The lowest BCUT2D eigenvalue weighted by Gasteiger charge is -2.19. The minimum absolute atomic E-state index is 0.117. The largest absolute Gasteiger partial charge is 0.396 e. The van der Waals surface area contributed by atoms with Crippen LogP contribution < -0.4 is 10.9 Å². The number of H-pyrrole nitrogens is 1. The summed E-state index contributed by atoms with van der Waals surface area (Å²) in [4.78, 5) is 28.4. The molecule has 0 aliphatic heterocycles. The number of carbonyl (C=O) groups excluding carboxylic acids is 1. The predicted molar refractivity (Wildman–Crippen MR) is 124 cm³/mol. The first-order valence-corrected chi connectivity index (χ1v) is 10.6. The van der Waals surface area contributed by atoms with E-state index in [9.17, 15) is 14.7 Å². The zero-order valence-corrected chi connectivity index (χ0v) is 18.5. The Labute approximate surface area is 189 Å². The lowest BCUT2D eigenvalue weighted by atomic mass is 10.0. The molecule has 0 fully saturated rings. The van der Waals surface area contributed by atoms with E-state index in [-0.39, 0.29) is 29.2 Å². The standard InChI is InChI=1S/C24H23ClN4O3/c1-14-7-8-16(11-15(14)2)22-27-24(32)21-12-17(13-29(21)28-22)23(31)26-20(9-10-30)18-5-3-4-6-19(18)25/h3-8,11-13,20,30H,9-10H2,1-2H3,(H,26,31)(H,27,28,32). The SMILES string of the molecule is Cc1ccc(-c2nn3cc(C(=O)NC(CCO)c4ccccc4Cl)cc3c(=O)[nH]2)cc1C. The second-order valence-corrected chi connectivity index (χ2v) is 8.13. The van der Waals surface area contributed by atoms with Crippen LogP contribution in [0.5, 0.6) is 0 Å². The Morgan fingerprint density at radius 3 is 2.69 bits per heavy atom. The molecule has 3 N–H and O–H groups in total. The van der Waals surface area contributed by atoms with E-state index in [1.54, 1.807) is 18.2 Å². The molecule has 164 valence electrons. The second kappa shape index (κ2) is 8.98. The normalized spacial score (nSPS) is 12.1. The van der Waals surface area contributed by atoms with Crippen LogP contribution in [0.3, 0.4) is 0 Å². The number of fused-ring (bicyclic) bond motifs is 1. The molecule has 4 aromatic rings. The van der Waals surface area contributed by atoms with Crippen LogP contribution in [0.4, 0.5) is 0 Å². The summed E-state index contributed by atoms with van der Waals surface area (Å²) in [6, 6.07) is 14.0. The van der Waals surface area contributed by atoms with Crippen LogP contribution in [0.1, 0.15) is 39.5 Å². The van der Waals surface area contributed by atoms with Crippen LogP contribution in [-0.4, -0.2) is 32.2 Å². The van der Waals surface area contributed by atoms with Crippen LogP contribution in [0.15, 0.2) is 59.5 Å². The number of aromatic amines is 1. The van der Waals surface area contributed by atoms with Crippen molar-refractivity contribution in [1.29, 1.82) is 0 Å². The summed E-state index contributed by atoms with van der Waals surface area (Å²) in [6.07, 6.45) is 1.83. The topological polar surface area (TPSA) is 99.5 Å². The van der Waals surface area contributed by atoms with Crippen molar-refractivity contribution in [3.63, 3.8) is 0 Å². The number of rotatable bonds is 6. The highest BCUT2D eigenvalue weighted by Gasteiger charge is 2.20. The Morgan fingerprint density at radius 1 is 1.19 bits per heavy atom. The number of aryl methyl sites for hydroxylation is 2. The zero-order valence-electron chi connectivity index (χ0n) is 17.7. The molecule has 0 bridgehead atoms. The number of amides is 1. The van der Waals surface area contributed by atoms with Gasteiger partial charge in [-0.3, -0.25) is 9.59 Å². The molecule has 8 heteroatoms. The average Bonchev–Trinajstić information content (AvgIpc) is 3.21. The predicted octanol–water partition coefficient (Wildman–Crippen LogP) is 3.81. The van der Waals surface area contributed by atoms with Gasteiger partial charge in [-0.15, -0.1) is 5.10 Å². The first kappa shape index (κ1) is 21.8. The molecule has 2 aromatic carbocycles. The summed E-state index contributed by atoms with van der Waals surface area (Å²) < 4.78 is 1.41. The number of hydrogen-bond donors (Lipinski definition) is 3. The van der Waals surface area contributed by atoms with E-state index >= 15 is 0 Å². The van der Waals surface area contributed by atoms with Gasteiger partial charge in [-0.1, -0.05) is 41.9 Å². The lowest BCUT2D eigenvalue weighted by Crippen LogP contribution is -2.29. The molecule has 32 heavy (non-hydrogen) atoms. The van der Waals surface area contributed by atoms with Gasteiger partial charge in [0.1, 0.15) is 5.52 Å². The molecule has 1 amide bonds. The minimum Gasteiger partial charge on any atom is -0.396 e. The van der Waals surface area contributed by atoms with Gasteiger partial charge >= 0.3 is 0 Å². The van der Waals surface area contributed by atoms with Gasteiger partial charge in [-0.2, -0.15) is 0 Å². The van der Waals surface area contributed by atoms with Gasteiger partial charge in [0.05, 0.1) is 11.6 Å². The van der Waals surface area contributed by atoms with Gasteiger partial charge in [-0.05, 0) is 55.2 Å². The van der Waals surface area contributed by atoms with E-state index in [1.165, 1.54) is 16.8 Å². The van der Waals surface area contributed by atoms with Crippen LogP contribution in [0, 0.1) is 13.8 Å². The average molecular weight is 451 g/mol. The molecule has 0 saturated carbocycles. The molecule has 2 heterocycles. The Bertz CT molecular complexity index is 1360. The molecule has 0 radical (unpaired) electrons. The van der Waals surface area contributed by atoms with Crippen LogP contribution >= 0.6 is 11.6 Å². The van der Waals surface area contributed by atoms with E-state index in [4.69, 9.17) is 11.6 Å². The van der Waals surface area contributed by atoms with Crippen molar-refractivity contribution < 1.29 is 9.90 Å². The molecule has 2 aromatic heterocycles. The molecule has 1 unspecified atom stereocenters. The maximum atomic E-state index is 12.9. The van der Waals surface area contributed by atoms with Gasteiger partial charge in [0, 0.05) is 23.4 Å². The van der Waals surface area contributed by atoms with Gasteiger partial charge in [0.25, 0.3) is 11.5 Å². The molecular formula is C24H23ClN4O3. The smallest absolute Gasteiger partial charge is 0.275 e. The molecular weight excluding hydrogens is 428 g/mol. The van der Waals surface area contributed by atoms with Crippen LogP contribution in [0.2, 0.25) is 5.02 Å². The second-order valence-electron chi connectivity index (χ2n) is 7.72. The first-order chi connectivity index (χ1) is 15.4. The Kier molecular flexibility index (Phi) is 6.12. The lowest BCUT2D eigenvalue weighted by molar-refractivity contribution is 0.0930. The fourth-order valence-electron chi connectivity index (χ4n) is 3.59. The number of nitrogens with one attached hydrogen (secondary N) is 2. The van der Waals surface area contributed by atoms with Gasteiger partial charge in [-0.25, -0.2) is 4.52 Å². The number of aromatic nitrogens is 3. The van der Waals surface area contributed by atoms with Gasteiger partial charge < -0.3 is 15.4 Å². The Morgan fingerprint density at radius 2 is 1.97 bits per heavy atom. The highest BCUT2D eigenvalue weighted by molar-refractivity contribution is 6.31. The van der Waals surface area contributed by atoms with Crippen molar-refractivity contribution in [2.45, 2.75) is 26.3 Å². The monoisotopic (exact) mass is 450 g/mol. The Balaban J connectivity index is 1.66. The maximum Gasteiger partial charge on any atom is 0.275 e. The van der Waals surface area contributed by atoms with Crippen molar-refractivity contribution in [1.82, 2.24) is 19.9 Å². The van der Waals surface area contributed by atoms with Crippen molar-refractivity contribution in [2.24, 2.45) is 0 Å².